The molecule has 1 aromatic carbocycles. The number of para-hydroxylation sites is 2. The second-order valence-electron chi connectivity index (χ2n) is 5.24. The first-order valence-electron chi connectivity index (χ1n) is 5.54. The molecule has 0 fully saturated rings. The molecular weight excluding hydrogens is 200 g/mol. The third kappa shape index (κ3) is 1.66. The van der Waals surface area contributed by atoms with Crippen molar-refractivity contribution < 1.29 is 4.79 Å². The number of amides is 1. The summed E-state index contributed by atoms with van der Waals surface area (Å²) < 4.78 is 0. The Morgan fingerprint density at radius 3 is 2.25 bits per heavy atom. The fraction of sp³-hybridized carbons (Fsp3) is 0.462. The molecule has 0 bridgehead atoms. The molecule has 2 rings (SSSR count). The third-order valence-electron chi connectivity index (χ3n) is 2.83. The largest absolute Gasteiger partial charge is 0.364 e. The Labute approximate surface area is 96.7 Å². The molecule has 16 heavy (non-hydrogen) atoms. The number of hydrogen-bond acceptors (Lipinski definition) is 2. The minimum atomic E-state index is -0.172. The van der Waals surface area contributed by atoms with E-state index in [-0.39, 0.29) is 11.4 Å². The number of carbonyl (C=O) groups is 1. The minimum absolute atomic E-state index is 0.161. The van der Waals surface area contributed by atoms with Crippen molar-refractivity contribution in [3.8, 4) is 0 Å². The highest BCUT2D eigenvalue weighted by atomic mass is 16.2. The van der Waals surface area contributed by atoms with Gasteiger partial charge < -0.3 is 9.80 Å². The summed E-state index contributed by atoms with van der Waals surface area (Å²) in [6.07, 6.45) is 0. The zero-order valence-corrected chi connectivity index (χ0v) is 10.3. The highest BCUT2D eigenvalue weighted by Crippen LogP contribution is 2.36. The van der Waals surface area contributed by atoms with Crippen molar-refractivity contribution in [1.29, 1.82) is 0 Å². The first-order valence-corrected chi connectivity index (χ1v) is 5.54. The Morgan fingerprint density at radius 2 is 1.69 bits per heavy atom. The lowest BCUT2D eigenvalue weighted by atomic mass is 10.0. The molecule has 1 amide bonds. The van der Waals surface area contributed by atoms with Crippen LogP contribution < -0.4 is 9.80 Å². The fourth-order valence-electron chi connectivity index (χ4n) is 2.20. The van der Waals surface area contributed by atoms with Crippen LogP contribution in [0, 0.1) is 0 Å². The van der Waals surface area contributed by atoms with Gasteiger partial charge in [0.25, 0.3) is 0 Å². The van der Waals surface area contributed by atoms with Gasteiger partial charge in [0.2, 0.25) is 5.91 Å². The average molecular weight is 218 g/mol. The molecular formula is C13H18N2O. The van der Waals surface area contributed by atoms with Crippen LogP contribution in [0.1, 0.15) is 20.8 Å². The van der Waals surface area contributed by atoms with Gasteiger partial charge >= 0.3 is 0 Å². The van der Waals surface area contributed by atoms with E-state index in [9.17, 15) is 4.79 Å². The summed E-state index contributed by atoms with van der Waals surface area (Å²) in [7, 11) is 1.96. The van der Waals surface area contributed by atoms with Gasteiger partial charge in [-0.3, -0.25) is 4.79 Å². The van der Waals surface area contributed by atoms with Crippen LogP contribution >= 0.6 is 0 Å². The molecule has 0 aromatic heterocycles. The van der Waals surface area contributed by atoms with E-state index in [0.29, 0.717) is 6.54 Å². The maximum absolute atomic E-state index is 12.1. The topological polar surface area (TPSA) is 23.6 Å². The van der Waals surface area contributed by atoms with Crippen molar-refractivity contribution >= 4 is 17.3 Å². The van der Waals surface area contributed by atoms with Crippen molar-refractivity contribution in [3.63, 3.8) is 0 Å². The lowest BCUT2D eigenvalue weighted by molar-refractivity contribution is -0.118. The number of anilines is 2. The van der Waals surface area contributed by atoms with E-state index in [4.69, 9.17) is 0 Å². The number of rotatable bonds is 0. The first kappa shape index (κ1) is 11.0. The SMILES string of the molecule is CN1CC(=O)N(C(C)(C)C)c2ccccc21. The van der Waals surface area contributed by atoms with Gasteiger partial charge in [0, 0.05) is 12.6 Å². The Bertz CT molecular complexity index is 420. The maximum atomic E-state index is 12.1. The van der Waals surface area contributed by atoms with Gasteiger partial charge in [0.1, 0.15) is 0 Å². The van der Waals surface area contributed by atoms with E-state index in [1.165, 1.54) is 0 Å². The number of nitrogens with zero attached hydrogens (tertiary/aromatic N) is 2. The zero-order chi connectivity index (χ0) is 11.9. The summed E-state index contributed by atoms with van der Waals surface area (Å²) in [6, 6.07) is 8.05. The van der Waals surface area contributed by atoms with Crippen molar-refractivity contribution in [2.75, 3.05) is 23.4 Å². The van der Waals surface area contributed by atoms with E-state index >= 15 is 0 Å². The zero-order valence-electron chi connectivity index (χ0n) is 10.3. The Kier molecular flexibility index (Phi) is 2.41. The summed E-state index contributed by atoms with van der Waals surface area (Å²) in [5, 5.41) is 0. The lowest BCUT2D eigenvalue weighted by Gasteiger charge is -2.42. The summed E-state index contributed by atoms with van der Waals surface area (Å²) in [6.45, 7) is 6.64. The fourth-order valence-corrected chi connectivity index (χ4v) is 2.20. The third-order valence-corrected chi connectivity index (χ3v) is 2.83. The number of hydrogen-bond donors (Lipinski definition) is 0. The summed E-state index contributed by atoms with van der Waals surface area (Å²) in [4.78, 5) is 16.0. The molecule has 0 saturated carbocycles. The summed E-state index contributed by atoms with van der Waals surface area (Å²) >= 11 is 0. The van der Waals surface area contributed by atoms with Gasteiger partial charge in [0.05, 0.1) is 17.9 Å². The predicted molar refractivity (Wildman–Crippen MR) is 67.0 cm³/mol. The van der Waals surface area contributed by atoms with Crippen LogP contribution in [-0.4, -0.2) is 25.0 Å². The lowest BCUT2D eigenvalue weighted by Crippen LogP contribution is -2.53. The van der Waals surface area contributed by atoms with Crippen molar-refractivity contribution in [1.82, 2.24) is 0 Å². The number of likely N-dealkylation sites (N-methyl/N-ethyl adjacent to an activating group) is 1. The molecule has 86 valence electrons. The molecule has 3 heteroatoms. The predicted octanol–water partition coefficient (Wildman–Crippen LogP) is 2.27. The molecule has 1 aliphatic heterocycles. The van der Waals surface area contributed by atoms with E-state index < -0.39 is 0 Å². The Hall–Kier alpha value is -1.51. The molecule has 3 nitrogen and oxygen atoms in total. The van der Waals surface area contributed by atoms with E-state index in [1.54, 1.807) is 0 Å². The molecule has 1 aliphatic rings. The van der Waals surface area contributed by atoms with Crippen LogP contribution in [0.25, 0.3) is 0 Å². The minimum Gasteiger partial charge on any atom is -0.364 e. The molecule has 0 saturated heterocycles. The van der Waals surface area contributed by atoms with Crippen LogP contribution in [0.2, 0.25) is 0 Å². The molecule has 0 unspecified atom stereocenters. The second-order valence-corrected chi connectivity index (χ2v) is 5.24. The molecule has 1 heterocycles. The molecule has 0 aliphatic carbocycles. The molecule has 0 atom stereocenters. The number of benzene rings is 1. The first-order chi connectivity index (χ1) is 7.41. The molecule has 1 aromatic rings. The smallest absolute Gasteiger partial charge is 0.247 e. The van der Waals surface area contributed by atoms with Crippen LogP contribution in [0.3, 0.4) is 0 Å². The van der Waals surface area contributed by atoms with Crippen LogP contribution in [-0.2, 0) is 4.79 Å². The highest BCUT2D eigenvalue weighted by Gasteiger charge is 2.34. The summed E-state index contributed by atoms with van der Waals surface area (Å²) in [5.41, 5.74) is 1.96. The van der Waals surface area contributed by atoms with Crippen LogP contribution in [0.5, 0.6) is 0 Å². The van der Waals surface area contributed by atoms with Crippen molar-refractivity contribution in [2.24, 2.45) is 0 Å². The van der Waals surface area contributed by atoms with Crippen LogP contribution in [0.4, 0.5) is 11.4 Å². The molecule has 0 spiro atoms. The molecule has 0 N–H and O–H groups in total. The highest BCUT2D eigenvalue weighted by molar-refractivity contribution is 6.04. The van der Waals surface area contributed by atoms with Crippen LogP contribution in [0.15, 0.2) is 24.3 Å². The quantitative estimate of drug-likeness (QED) is 0.667. The van der Waals surface area contributed by atoms with Gasteiger partial charge in [0.15, 0.2) is 0 Å². The monoisotopic (exact) mass is 218 g/mol. The molecule has 0 radical (unpaired) electrons. The van der Waals surface area contributed by atoms with Crippen molar-refractivity contribution in [2.45, 2.75) is 26.3 Å². The van der Waals surface area contributed by atoms with Gasteiger partial charge in [-0.25, -0.2) is 0 Å². The Balaban J connectivity index is 2.56. The van der Waals surface area contributed by atoms with Gasteiger partial charge in [-0.05, 0) is 32.9 Å². The normalized spacial score (nSPS) is 16.4. The number of fused-ring (bicyclic) bond motifs is 1. The van der Waals surface area contributed by atoms with Gasteiger partial charge in [-0.2, -0.15) is 0 Å². The maximum Gasteiger partial charge on any atom is 0.247 e. The summed E-state index contributed by atoms with van der Waals surface area (Å²) in [5.74, 6) is 0.161. The van der Waals surface area contributed by atoms with Crippen molar-refractivity contribution in [3.05, 3.63) is 24.3 Å². The standard InChI is InChI=1S/C13H18N2O/c1-13(2,3)15-11-8-6-5-7-10(11)14(4)9-12(15)16/h5-8H,9H2,1-4H3. The second kappa shape index (κ2) is 3.51. The number of carbonyl (C=O) groups excluding carboxylic acids is 1. The van der Waals surface area contributed by atoms with E-state index in [0.717, 1.165) is 11.4 Å². The Morgan fingerprint density at radius 1 is 1.12 bits per heavy atom. The average Bonchev–Trinajstić information content (AvgIpc) is 2.15. The van der Waals surface area contributed by atoms with E-state index in [1.807, 2.05) is 35.0 Å². The van der Waals surface area contributed by atoms with E-state index in [2.05, 4.69) is 26.8 Å². The van der Waals surface area contributed by atoms with Gasteiger partial charge in [-0.15, -0.1) is 0 Å². The van der Waals surface area contributed by atoms with Gasteiger partial charge in [-0.1, -0.05) is 12.1 Å².